The van der Waals surface area contributed by atoms with Crippen molar-refractivity contribution in [2.24, 2.45) is 0 Å². The van der Waals surface area contributed by atoms with Crippen molar-refractivity contribution in [3.05, 3.63) is 54.4 Å². The van der Waals surface area contributed by atoms with Crippen LogP contribution in [0.1, 0.15) is 25.8 Å². The molecule has 0 aliphatic rings. The fourth-order valence-electron chi connectivity index (χ4n) is 1.84. The summed E-state index contributed by atoms with van der Waals surface area (Å²) in [7, 11) is 0. The molecule has 0 radical (unpaired) electrons. The van der Waals surface area contributed by atoms with Crippen molar-refractivity contribution < 1.29 is 0 Å². The molecule has 3 heteroatoms. The van der Waals surface area contributed by atoms with Crippen LogP contribution in [0.2, 0.25) is 0 Å². The van der Waals surface area contributed by atoms with Crippen LogP contribution in [0.25, 0.3) is 11.8 Å². The first-order valence-corrected chi connectivity index (χ1v) is 6.81. The Hall–Kier alpha value is -1.87. The summed E-state index contributed by atoms with van der Waals surface area (Å²) in [5.41, 5.74) is 2.20. The summed E-state index contributed by atoms with van der Waals surface area (Å²) in [6.07, 6.45) is 9.36. The third kappa shape index (κ3) is 4.07. The first-order valence-electron chi connectivity index (χ1n) is 6.81. The molecule has 3 nitrogen and oxygen atoms in total. The Bertz CT molecular complexity index is 514. The maximum atomic E-state index is 4.37. The molecule has 0 spiro atoms. The van der Waals surface area contributed by atoms with Gasteiger partial charge in [-0.25, -0.2) is 4.68 Å². The topological polar surface area (TPSA) is 29.9 Å². The maximum Gasteiger partial charge on any atom is 0.0645 e. The van der Waals surface area contributed by atoms with Crippen molar-refractivity contribution in [2.45, 2.75) is 26.3 Å². The minimum absolute atomic E-state index is 0.389. The van der Waals surface area contributed by atoms with Gasteiger partial charge in [-0.3, -0.25) is 0 Å². The van der Waals surface area contributed by atoms with E-state index in [0.717, 1.165) is 24.2 Å². The minimum Gasteiger partial charge on any atom is -0.311 e. The minimum atomic E-state index is 0.389. The molecule has 1 N–H and O–H groups in total. The van der Waals surface area contributed by atoms with E-state index in [1.165, 1.54) is 0 Å². The second-order valence-electron chi connectivity index (χ2n) is 4.66. The normalized spacial score (nSPS) is 12.9. The molecule has 2 aromatic rings. The van der Waals surface area contributed by atoms with Gasteiger partial charge in [-0.1, -0.05) is 37.3 Å². The molecule has 0 fully saturated rings. The molecule has 0 aliphatic heterocycles. The molecule has 19 heavy (non-hydrogen) atoms. The van der Waals surface area contributed by atoms with Crippen LogP contribution in [0.5, 0.6) is 0 Å². The number of rotatable bonds is 6. The summed E-state index contributed by atoms with van der Waals surface area (Å²) >= 11 is 0. The van der Waals surface area contributed by atoms with Crippen molar-refractivity contribution >= 4 is 6.08 Å². The number of aromatic nitrogens is 2. The lowest BCUT2D eigenvalue weighted by Crippen LogP contribution is -2.24. The molecule has 1 heterocycles. The predicted octanol–water partition coefficient (Wildman–Crippen LogP) is 3.27. The van der Waals surface area contributed by atoms with Gasteiger partial charge in [0.05, 0.1) is 11.9 Å². The number of hydrogen-bond acceptors (Lipinski definition) is 2. The Balaban J connectivity index is 2.00. The van der Waals surface area contributed by atoms with Gasteiger partial charge >= 0.3 is 0 Å². The van der Waals surface area contributed by atoms with E-state index in [9.17, 15) is 0 Å². The Morgan fingerprint density at radius 3 is 2.84 bits per heavy atom. The predicted molar refractivity (Wildman–Crippen MR) is 80.4 cm³/mol. The summed E-state index contributed by atoms with van der Waals surface area (Å²) in [6.45, 7) is 5.38. The van der Waals surface area contributed by atoms with Crippen molar-refractivity contribution in [2.75, 3.05) is 6.54 Å². The van der Waals surface area contributed by atoms with Crippen LogP contribution in [-0.4, -0.2) is 22.4 Å². The highest BCUT2D eigenvalue weighted by atomic mass is 15.3. The van der Waals surface area contributed by atoms with Crippen LogP contribution in [0, 0.1) is 0 Å². The van der Waals surface area contributed by atoms with Gasteiger partial charge in [0.15, 0.2) is 0 Å². The van der Waals surface area contributed by atoms with Gasteiger partial charge in [-0.2, -0.15) is 5.10 Å². The molecule has 1 atom stereocenters. The van der Waals surface area contributed by atoms with Gasteiger partial charge in [-0.05, 0) is 32.0 Å². The molecule has 0 amide bonds. The third-order valence-corrected chi connectivity index (χ3v) is 2.92. The van der Waals surface area contributed by atoms with E-state index in [0.29, 0.717) is 6.04 Å². The van der Waals surface area contributed by atoms with E-state index >= 15 is 0 Å². The number of benzene rings is 1. The van der Waals surface area contributed by atoms with E-state index in [4.69, 9.17) is 0 Å². The van der Waals surface area contributed by atoms with Gasteiger partial charge < -0.3 is 5.32 Å². The Morgan fingerprint density at radius 2 is 2.11 bits per heavy atom. The average molecular weight is 255 g/mol. The number of nitrogens with zero attached hydrogens (tertiary/aromatic N) is 2. The summed E-state index contributed by atoms with van der Waals surface area (Å²) in [5.74, 6) is 0. The van der Waals surface area contributed by atoms with Crippen LogP contribution in [0.15, 0.2) is 48.8 Å². The summed E-state index contributed by atoms with van der Waals surface area (Å²) in [6, 6.07) is 10.5. The van der Waals surface area contributed by atoms with Crippen LogP contribution < -0.4 is 5.32 Å². The molecule has 0 saturated heterocycles. The summed E-state index contributed by atoms with van der Waals surface area (Å²) in [5, 5.41) is 7.80. The zero-order chi connectivity index (χ0) is 13.5. The van der Waals surface area contributed by atoms with Gasteiger partial charge in [0, 0.05) is 17.8 Å². The SMILES string of the molecule is CCCNC(C)/C=C/c1cnn(-c2ccccc2)c1. The standard InChI is InChI=1S/C16H21N3/c1-3-11-17-14(2)9-10-15-12-18-19(13-15)16-7-5-4-6-8-16/h4-10,12-14,17H,3,11H2,1-2H3/b10-9+. The number of para-hydroxylation sites is 1. The zero-order valence-corrected chi connectivity index (χ0v) is 11.6. The van der Waals surface area contributed by atoms with Gasteiger partial charge in [0.25, 0.3) is 0 Å². The highest BCUT2D eigenvalue weighted by Crippen LogP contribution is 2.08. The fourth-order valence-corrected chi connectivity index (χ4v) is 1.84. The Morgan fingerprint density at radius 1 is 1.32 bits per heavy atom. The third-order valence-electron chi connectivity index (χ3n) is 2.92. The van der Waals surface area contributed by atoms with E-state index in [-0.39, 0.29) is 0 Å². The quantitative estimate of drug-likeness (QED) is 0.858. The van der Waals surface area contributed by atoms with Crippen LogP contribution in [0.3, 0.4) is 0 Å². The largest absolute Gasteiger partial charge is 0.311 e. The lowest BCUT2D eigenvalue weighted by molar-refractivity contribution is 0.625. The van der Waals surface area contributed by atoms with Gasteiger partial charge in [-0.15, -0.1) is 0 Å². The molecule has 1 aromatic carbocycles. The smallest absolute Gasteiger partial charge is 0.0645 e. The summed E-state index contributed by atoms with van der Waals surface area (Å²) in [4.78, 5) is 0. The van der Waals surface area contributed by atoms with Crippen LogP contribution >= 0.6 is 0 Å². The molecule has 2 rings (SSSR count). The Kier molecular flexibility index (Phi) is 4.93. The van der Waals surface area contributed by atoms with Crippen molar-refractivity contribution in [1.82, 2.24) is 15.1 Å². The highest BCUT2D eigenvalue weighted by Gasteiger charge is 1.98. The molecular formula is C16H21N3. The molecular weight excluding hydrogens is 234 g/mol. The van der Waals surface area contributed by atoms with Crippen molar-refractivity contribution in [1.29, 1.82) is 0 Å². The molecule has 1 aromatic heterocycles. The number of nitrogens with one attached hydrogen (secondary N) is 1. The van der Waals surface area contributed by atoms with Crippen molar-refractivity contribution in [3.63, 3.8) is 0 Å². The monoisotopic (exact) mass is 255 g/mol. The Labute approximate surface area is 115 Å². The lowest BCUT2D eigenvalue weighted by Gasteiger charge is -2.06. The second kappa shape index (κ2) is 6.90. The van der Waals surface area contributed by atoms with Crippen molar-refractivity contribution in [3.8, 4) is 5.69 Å². The first-order chi connectivity index (χ1) is 9.29. The molecule has 100 valence electrons. The van der Waals surface area contributed by atoms with E-state index in [1.54, 1.807) is 0 Å². The van der Waals surface area contributed by atoms with E-state index in [1.807, 2.05) is 47.4 Å². The average Bonchev–Trinajstić information content (AvgIpc) is 2.93. The molecule has 0 saturated carbocycles. The maximum absolute atomic E-state index is 4.37. The van der Waals surface area contributed by atoms with Crippen LogP contribution in [0.4, 0.5) is 0 Å². The molecule has 0 bridgehead atoms. The van der Waals surface area contributed by atoms with E-state index < -0.39 is 0 Å². The molecule has 0 aliphatic carbocycles. The summed E-state index contributed by atoms with van der Waals surface area (Å²) < 4.78 is 1.89. The fraction of sp³-hybridized carbons (Fsp3) is 0.312. The second-order valence-corrected chi connectivity index (χ2v) is 4.66. The lowest BCUT2D eigenvalue weighted by atomic mass is 10.2. The van der Waals surface area contributed by atoms with Gasteiger partial charge in [0.1, 0.15) is 0 Å². The zero-order valence-electron chi connectivity index (χ0n) is 11.6. The van der Waals surface area contributed by atoms with Gasteiger partial charge in [0.2, 0.25) is 0 Å². The highest BCUT2D eigenvalue weighted by molar-refractivity contribution is 5.48. The molecule has 1 unspecified atom stereocenters. The first kappa shape index (κ1) is 13.6. The van der Waals surface area contributed by atoms with Crippen LogP contribution in [-0.2, 0) is 0 Å². The number of hydrogen-bond donors (Lipinski definition) is 1. The van der Waals surface area contributed by atoms with E-state index in [2.05, 4.69) is 36.4 Å².